The molecule has 158 valence electrons. The SMILES string of the molecule is COc1nc(OCCC(F)(F)C(F)(F)F)c(F)cc1CNC(=O)C1CCCN1. The number of rotatable bonds is 8. The molecular formula is C16H19F6N3O3. The van der Waals surface area contributed by atoms with Gasteiger partial charge in [-0.15, -0.1) is 0 Å². The molecule has 0 aromatic carbocycles. The van der Waals surface area contributed by atoms with Crippen molar-refractivity contribution in [3.63, 3.8) is 0 Å². The van der Waals surface area contributed by atoms with E-state index in [2.05, 4.69) is 20.4 Å². The molecule has 1 aromatic heterocycles. The molecule has 1 amide bonds. The van der Waals surface area contributed by atoms with Crippen LogP contribution in [0.2, 0.25) is 0 Å². The monoisotopic (exact) mass is 415 g/mol. The summed E-state index contributed by atoms with van der Waals surface area (Å²) in [5.41, 5.74) is 0.152. The van der Waals surface area contributed by atoms with E-state index >= 15 is 0 Å². The maximum absolute atomic E-state index is 14.1. The van der Waals surface area contributed by atoms with Gasteiger partial charge in [-0.05, 0) is 25.5 Å². The van der Waals surface area contributed by atoms with Gasteiger partial charge in [0.1, 0.15) is 0 Å². The van der Waals surface area contributed by atoms with E-state index in [1.165, 1.54) is 7.11 Å². The molecule has 2 heterocycles. The molecule has 0 aliphatic carbocycles. The van der Waals surface area contributed by atoms with E-state index in [0.29, 0.717) is 6.42 Å². The highest BCUT2D eigenvalue weighted by Crippen LogP contribution is 2.38. The first-order valence-electron chi connectivity index (χ1n) is 8.37. The summed E-state index contributed by atoms with van der Waals surface area (Å²) in [6.07, 6.45) is -5.88. The van der Waals surface area contributed by atoms with Gasteiger partial charge < -0.3 is 20.1 Å². The molecule has 1 aliphatic rings. The quantitative estimate of drug-likeness (QED) is 0.639. The number of alkyl halides is 5. The Labute approximate surface area is 156 Å². The average Bonchev–Trinajstić information content (AvgIpc) is 3.14. The first kappa shape index (κ1) is 22.1. The number of pyridine rings is 1. The number of amides is 1. The van der Waals surface area contributed by atoms with Gasteiger partial charge in [0.15, 0.2) is 5.82 Å². The molecule has 1 saturated heterocycles. The topological polar surface area (TPSA) is 72.5 Å². The lowest BCUT2D eigenvalue weighted by Crippen LogP contribution is -2.40. The third-order valence-electron chi connectivity index (χ3n) is 4.08. The fourth-order valence-corrected chi connectivity index (χ4v) is 2.53. The van der Waals surface area contributed by atoms with Crippen molar-refractivity contribution >= 4 is 5.91 Å². The molecule has 2 N–H and O–H groups in total. The normalized spacial score (nSPS) is 17.5. The lowest BCUT2D eigenvalue weighted by atomic mass is 10.2. The fourth-order valence-electron chi connectivity index (χ4n) is 2.53. The third kappa shape index (κ3) is 5.40. The highest BCUT2D eigenvalue weighted by Gasteiger charge is 2.56. The van der Waals surface area contributed by atoms with E-state index in [1.54, 1.807) is 0 Å². The second-order valence-corrected chi connectivity index (χ2v) is 6.11. The smallest absolute Gasteiger partial charge is 0.453 e. The van der Waals surface area contributed by atoms with Crippen molar-refractivity contribution in [2.75, 3.05) is 20.3 Å². The van der Waals surface area contributed by atoms with Crippen LogP contribution in [0.4, 0.5) is 26.3 Å². The van der Waals surface area contributed by atoms with E-state index < -0.39 is 36.8 Å². The van der Waals surface area contributed by atoms with E-state index in [9.17, 15) is 31.1 Å². The zero-order valence-electron chi connectivity index (χ0n) is 14.8. The summed E-state index contributed by atoms with van der Waals surface area (Å²) < 4.78 is 85.7. The second kappa shape index (κ2) is 8.84. The van der Waals surface area contributed by atoms with Crippen LogP contribution in [0.15, 0.2) is 6.07 Å². The van der Waals surface area contributed by atoms with Gasteiger partial charge in [0.2, 0.25) is 11.8 Å². The molecule has 6 nitrogen and oxygen atoms in total. The van der Waals surface area contributed by atoms with Crippen molar-refractivity contribution in [1.82, 2.24) is 15.6 Å². The lowest BCUT2D eigenvalue weighted by molar-refractivity contribution is -0.285. The van der Waals surface area contributed by atoms with Gasteiger partial charge in [0.05, 0.1) is 26.2 Å². The summed E-state index contributed by atoms with van der Waals surface area (Å²) in [6, 6.07) is 0.563. The van der Waals surface area contributed by atoms with E-state index in [-0.39, 0.29) is 29.9 Å². The van der Waals surface area contributed by atoms with Crippen LogP contribution in [-0.4, -0.2) is 49.3 Å². The van der Waals surface area contributed by atoms with Gasteiger partial charge in [0, 0.05) is 12.1 Å². The summed E-state index contributed by atoms with van der Waals surface area (Å²) >= 11 is 0. The highest BCUT2D eigenvalue weighted by molar-refractivity contribution is 5.82. The van der Waals surface area contributed by atoms with Crippen LogP contribution in [0.5, 0.6) is 11.8 Å². The molecule has 2 rings (SSSR count). The van der Waals surface area contributed by atoms with Gasteiger partial charge in [0.25, 0.3) is 5.88 Å². The molecule has 1 fully saturated rings. The number of aromatic nitrogens is 1. The Bertz CT molecular complexity index is 693. The predicted molar refractivity (Wildman–Crippen MR) is 84.7 cm³/mol. The summed E-state index contributed by atoms with van der Waals surface area (Å²) in [6.45, 7) is -0.503. The van der Waals surface area contributed by atoms with Crippen molar-refractivity contribution in [1.29, 1.82) is 0 Å². The van der Waals surface area contributed by atoms with Crippen molar-refractivity contribution in [2.45, 2.75) is 43.9 Å². The largest absolute Gasteiger partial charge is 0.481 e. The summed E-state index contributed by atoms with van der Waals surface area (Å²) in [5, 5.41) is 5.58. The van der Waals surface area contributed by atoms with Crippen LogP contribution in [-0.2, 0) is 11.3 Å². The van der Waals surface area contributed by atoms with Gasteiger partial charge in [-0.25, -0.2) is 4.39 Å². The Morgan fingerprint density at radius 3 is 2.61 bits per heavy atom. The zero-order valence-corrected chi connectivity index (χ0v) is 14.8. The number of halogens is 6. The maximum Gasteiger partial charge on any atom is 0.453 e. The molecule has 12 heteroatoms. The molecule has 1 aliphatic heterocycles. The second-order valence-electron chi connectivity index (χ2n) is 6.11. The van der Waals surface area contributed by atoms with Crippen molar-refractivity contribution in [2.24, 2.45) is 0 Å². The van der Waals surface area contributed by atoms with E-state index in [0.717, 1.165) is 19.0 Å². The number of hydrogen-bond donors (Lipinski definition) is 2. The minimum Gasteiger partial charge on any atom is -0.481 e. The number of nitrogens with zero attached hydrogens (tertiary/aromatic N) is 1. The maximum atomic E-state index is 14.1. The Hall–Kier alpha value is -2.24. The molecule has 0 bridgehead atoms. The number of methoxy groups -OCH3 is 1. The average molecular weight is 415 g/mol. The molecule has 28 heavy (non-hydrogen) atoms. The summed E-state index contributed by atoms with van der Waals surface area (Å²) in [7, 11) is 1.20. The van der Waals surface area contributed by atoms with Gasteiger partial charge in [-0.3, -0.25) is 4.79 Å². The molecule has 1 atom stereocenters. The Morgan fingerprint density at radius 2 is 2.04 bits per heavy atom. The summed E-state index contributed by atoms with van der Waals surface area (Å²) in [4.78, 5) is 15.6. The van der Waals surface area contributed by atoms with Crippen LogP contribution in [0.25, 0.3) is 0 Å². The molecular weight excluding hydrogens is 396 g/mol. The predicted octanol–water partition coefficient (Wildman–Crippen LogP) is 2.56. The molecule has 0 radical (unpaired) electrons. The zero-order chi connectivity index (χ0) is 20.9. The van der Waals surface area contributed by atoms with Gasteiger partial charge >= 0.3 is 12.1 Å². The van der Waals surface area contributed by atoms with Crippen LogP contribution in [0.1, 0.15) is 24.8 Å². The molecule has 1 aromatic rings. The van der Waals surface area contributed by atoms with E-state index in [4.69, 9.17) is 4.74 Å². The Kier molecular flexibility index (Phi) is 6.96. The third-order valence-corrected chi connectivity index (χ3v) is 4.08. The van der Waals surface area contributed by atoms with Crippen LogP contribution >= 0.6 is 0 Å². The van der Waals surface area contributed by atoms with Crippen LogP contribution in [0.3, 0.4) is 0 Å². The number of carbonyl (C=O) groups excluding carboxylic acids is 1. The molecule has 0 spiro atoms. The summed E-state index contributed by atoms with van der Waals surface area (Å²) in [5.74, 6) is -7.26. The van der Waals surface area contributed by atoms with Crippen molar-refractivity contribution in [3.05, 3.63) is 17.4 Å². The number of ether oxygens (including phenoxy) is 2. The minimum absolute atomic E-state index is 0.115. The van der Waals surface area contributed by atoms with Gasteiger partial charge in [-0.1, -0.05) is 0 Å². The highest BCUT2D eigenvalue weighted by atomic mass is 19.4. The Morgan fingerprint density at radius 1 is 1.32 bits per heavy atom. The van der Waals surface area contributed by atoms with Gasteiger partial charge in [-0.2, -0.15) is 26.9 Å². The van der Waals surface area contributed by atoms with Crippen LogP contribution in [0, 0.1) is 5.82 Å². The fraction of sp³-hybridized carbons (Fsp3) is 0.625. The first-order valence-corrected chi connectivity index (χ1v) is 8.37. The van der Waals surface area contributed by atoms with Crippen molar-refractivity contribution in [3.8, 4) is 11.8 Å². The number of hydrogen-bond acceptors (Lipinski definition) is 5. The van der Waals surface area contributed by atoms with E-state index in [1.807, 2.05) is 0 Å². The Balaban J connectivity index is 1.99. The standard InChI is InChI=1S/C16H19F6N3O3/c1-27-13-9(8-24-12(26)11-3-2-5-23-11)7-10(17)14(25-13)28-6-4-15(18,19)16(20,21)22/h7,11,23H,2-6,8H2,1H3,(H,24,26). The molecule has 1 unspecified atom stereocenters. The number of carbonyl (C=O) groups is 1. The lowest BCUT2D eigenvalue weighted by Gasteiger charge is -2.19. The number of nitrogens with one attached hydrogen (secondary N) is 2. The first-order chi connectivity index (χ1) is 13.0. The van der Waals surface area contributed by atoms with Crippen molar-refractivity contribution < 1.29 is 40.6 Å². The minimum atomic E-state index is -5.73. The molecule has 0 saturated carbocycles. The van der Waals surface area contributed by atoms with Crippen LogP contribution < -0.4 is 20.1 Å².